The first-order chi connectivity index (χ1) is 8.08. The van der Waals surface area contributed by atoms with E-state index >= 15 is 0 Å². The Balaban J connectivity index is 2.31. The number of rotatable bonds is 0. The molecule has 6 heteroatoms. The zero-order chi connectivity index (χ0) is 12.2. The molecule has 0 spiro atoms. The van der Waals surface area contributed by atoms with Gasteiger partial charge in [-0.25, -0.2) is 14.4 Å². The van der Waals surface area contributed by atoms with Crippen molar-refractivity contribution in [1.29, 1.82) is 0 Å². The van der Waals surface area contributed by atoms with Crippen LogP contribution in [0.15, 0.2) is 12.1 Å². The van der Waals surface area contributed by atoms with E-state index in [-0.39, 0.29) is 28.9 Å². The summed E-state index contributed by atoms with van der Waals surface area (Å²) < 4.78 is 8.99. The van der Waals surface area contributed by atoms with Gasteiger partial charge >= 0.3 is 17.9 Å². The molecule has 0 aromatic heterocycles. The van der Waals surface area contributed by atoms with Gasteiger partial charge in [0, 0.05) is 5.56 Å². The lowest BCUT2D eigenvalue weighted by molar-refractivity contribution is 0.0438. The van der Waals surface area contributed by atoms with Gasteiger partial charge in [-0.05, 0) is 12.1 Å². The second-order valence-electron chi connectivity index (χ2n) is 3.62. The second kappa shape index (κ2) is 3.00. The number of fused-ring (bicyclic) bond motifs is 2. The van der Waals surface area contributed by atoms with Gasteiger partial charge in [0.1, 0.15) is 0 Å². The average molecular weight is 232 g/mol. The minimum Gasteiger partial charge on any atom is -0.454 e. The summed E-state index contributed by atoms with van der Waals surface area (Å²) in [5.41, 5.74) is 0.0792. The smallest absolute Gasteiger partial charge is 0.346 e. The molecule has 2 aliphatic rings. The summed E-state index contributed by atoms with van der Waals surface area (Å²) >= 11 is 0. The van der Waals surface area contributed by atoms with Crippen LogP contribution in [0.2, 0.25) is 0 Å². The second-order valence-corrected chi connectivity index (χ2v) is 3.62. The molecule has 17 heavy (non-hydrogen) atoms. The van der Waals surface area contributed by atoms with Gasteiger partial charge in [-0.15, -0.1) is 0 Å². The van der Waals surface area contributed by atoms with Gasteiger partial charge in [0.05, 0.1) is 16.7 Å². The molecule has 3 rings (SSSR count). The monoisotopic (exact) mass is 232 g/mol. The molecule has 0 amide bonds. The standard InChI is InChI=1S/C11H4O6/c12-8-3-16-9(13)5-2-7-6(1-4(5)8)10(14)17-11(7)15/h1-2H,3H2. The molecular weight excluding hydrogens is 228 g/mol. The molecule has 0 saturated heterocycles. The highest BCUT2D eigenvalue weighted by Crippen LogP contribution is 2.26. The predicted molar refractivity (Wildman–Crippen MR) is 50.8 cm³/mol. The van der Waals surface area contributed by atoms with Gasteiger partial charge in [-0.1, -0.05) is 0 Å². The Labute approximate surface area is 94.1 Å². The Bertz CT molecular complexity index is 560. The first-order valence-electron chi connectivity index (χ1n) is 4.73. The minimum absolute atomic E-state index is 0.00773. The molecule has 0 fully saturated rings. The number of cyclic esters (lactones) is 3. The molecule has 2 heterocycles. The lowest BCUT2D eigenvalue weighted by Gasteiger charge is -2.14. The number of hydrogen-bond acceptors (Lipinski definition) is 6. The molecule has 0 saturated carbocycles. The minimum atomic E-state index is -0.821. The maximum Gasteiger partial charge on any atom is 0.346 e. The molecular formula is C11H4O6. The largest absolute Gasteiger partial charge is 0.454 e. The van der Waals surface area contributed by atoms with E-state index in [1.807, 2.05) is 0 Å². The highest BCUT2D eigenvalue weighted by molar-refractivity contribution is 6.19. The molecule has 0 N–H and O–H groups in total. The lowest BCUT2D eigenvalue weighted by Crippen LogP contribution is -2.24. The number of benzene rings is 1. The van der Waals surface area contributed by atoms with Gasteiger partial charge < -0.3 is 9.47 Å². The van der Waals surface area contributed by atoms with Crippen LogP contribution in [-0.2, 0) is 9.47 Å². The van der Waals surface area contributed by atoms with Crippen LogP contribution < -0.4 is 0 Å². The summed E-state index contributed by atoms with van der Waals surface area (Å²) in [5, 5.41) is 0. The summed E-state index contributed by atoms with van der Waals surface area (Å²) in [6.07, 6.45) is 0. The third kappa shape index (κ3) is 1.20. The maximum absolute atomic E-state index is 11.5. The van der Waals surface area contributed by atoms with Crippen molar-refractivity contribution in [2.75, 3.05) is 6.61 Å². The molecule has 84 valence electrons. The number of esters is 3. The Hall–Kier alpha value is -2.50. The van der Waals surface area contributed by atoms with Gasteiger partial charge in [0.2, 0.25) is 5.78 Å². The topological polar surface area (TPSA) is 86.7 Å². The average Bonchev–Trinajstić information content (AvgIpc) is 2.58. The van der Waals surface area contributed by atoms with Crippen molar-refractivity contribution in [2.45, 2.75) is 0 Å². The van der Waals surface area contributed by atoms with Crippen molar-refractivity contribution in [3.8, 4) is 0 Å². The Morgan fingerprint density at radius 1 is 0.765 bits per heavy atom. The first kappa shape index (κ1) is 9.71. The van der Waals surface area contributed by atoms with Crippen LogP contribution in [0, 0.1) is 0 Å². The Kier molecular flexibility index (Phi) is 1.72. The zero-order valence-electron chi connectivity index (χ0n) is 8.31. The molecule has 0 atom stereocenters. The fourth-order valence-electron chi connectivity index (χ4n) is 1.82. The molecule has 2 aliphatic heterocycles. The number of carbonyl (C=O) groups is 4. The Morgan fingerprint density at radius 2 is 1.29 bits per heavy atom. The van der Waals surface area contributed by atoms with E-state index in [9.17, 15) is 19.2 Å². The highest BCUT2D eigenvalue weighted by atomic mass is 16.6. The van der Waals surface area contributed by atoms with E-state index in [0.29, 0.717) is 0 Å². The SMILES string of the molecule is O=C1COC(=O)c2cc3c(cc21)C(=O)OC3=O. The van der Waals surface area contributed by atoms with E-state index in [1.165, 1.54) is 6.07 Å². The molecule has 0 unspecified atom stereocenters. The maximum atomic E-state index is 11.5. The molecule has 0 bridgehead atoms. The zero-order valence-corrected chi connectivity index (χ0v) is 8.31. The van der Waals surface area contributed by atoms with Crippen LogP contribution in [0.4, 0.5) is 0 Å². The Morgan fingerprint density at radius 3 is 1.94 bits per heavy atom. The number of Topliss-reactive ketones (excluding diaryl/α,β-unsaturated/α-hetero) is 1. The summed E-state index contributed by atoms with van der Waals surface area (Å²) in [6, 6.07) is 2.37. The van der Waals surface area contributed by atoms with Crippen LogP contribution in [0.1, 0.15) is 41.4 Å². The summed E-state index contributed by atoms with van der Waals surface area (Å²) in [6.45, 7) is -0.354. The molecule has 6 nitrogen and oxygen atoms in total. The van der Waals surface area contributed by atoms with E-state index in [1.54, 1.807) is 0 Å². The van der Waals surface area contributed by atoms with Gasteiger partial charge in [-0.2, -0.15) is 0 Å². The van der Waals surface area contributed by atoms with Gasteiger partial charge in [0.15, 0.2) is 6.61 Å². The van der Waals surface area contributed by atoms with Crippen LogP contribution in [0.25, 0.3) is 0 Å². The normalized spacial score (nSPS) is 17.4. The molecule has 1 aromatic carbocycles. The van der Waals surface area contributed by atoms with Crippen LogP contribution in [0.3, 0.4) is 0 Å². The lowest BCUT2D eigenvalue weighted by atomic mass is 9.95. The van der Waals surface area contributed by atoms with E-state index in [0.717, 1.165) is 6.07 Å². The number of ether oxygens (including phenoxy) is 2. The van der Waals surface area contributed by atoms with Crippen LogP contribution in [-0.4, -0.2) is 30.3 Å². The quantitative estimate of drug-likeness (QED) is 0.473. The first-order valence-corrected chi connectivity index (χ1v) is 4.73. The fourth-order valence-corrected chi connectivity index (χ4v) is 1.82. The number of hydrogen-bond donors (Lipinski definition) is 0. The van der Waals surface area contributed by atoms with Gasteiger partial charge in [-0.3, -0.25) is 4.79 Å². The molecule has 0 radical (unpaired) electrons. The van der Waals surface area contributed by atoms with Crippen molar-refractivity contribution in [3.63, 3.8) is 0 Å². The van der Waals surface area contributed by atoms with E-state index in [2.05, 4.69) is 9.47 Å². The third-order valence-corrected chi connectivity index (χ3v) is 2.64. The van der Waals surface area contributed by atoms with Crippen molar-refractivity contribution < 1.29 is 28.7 Å². The van der Waals surface area contributed by atoms with E-state index < -0.39 is 23.7 Å². The summed E-state index contributed by atoms with van der Waals surface area (Å²) in [5.74, 6) is -2.72. The van der Waals surface area contributed by atoms with Gasteiger partial charge in [0.25, 0.3) is 0 Å². The van der Waals surface area contributed by atoms with Crippen LogP contribution in [0.5, 0.6) is 0 Å². The molecule has 1 aromatic rings. The van der Waals surface area contributed by atoms with Crippen LogP contribution >= 0.6 is 0 Å². The summed E-state index contributed by atoms with van der Waals surface area (Å²) in [4.78, 5) is 45.5. The highest BCUT2D eigenvalue weighted by Gasteiger charge is 2.35. The summed E-state index contributed by atoms with van der Waals surface area (Å²) in [7, 11) is 0. The fraction of sp³-hybridized carbons (Fsp3) is 0.0909. The third-order valence-electron chi connectivity index (χ3n) is 2.64. The van der Waals surface area contributed by atoms with Crippen molar-refractivity contribution in [2.24, 2.45) is 0 Å². The number of ketones is 1. The van der Waals surface area contributed by atoms with Crippen molar-refractivity contribution in [1.82, 2.24) is 0 Å². The van der Waals surface area contributed by atoms with E-state index in [4.69, 9.17) is 0 Å². The number of carbonyl (C=O) groups excluding carboxylic acids is 4. The van der Waals surface area contributed by atoms with Crippen molar-refractivity contribution >= 4 is 23.7 Å². The molecule has 0 aliphatic carbocycles. The predicted octanol–water partition coefficient (Wildman–Crippen LogP) is 0.350. The van der Waals surface area contributed by atoms with Crippen molar-refractivity contribution in [3.05, 3.63) is 34.4 Å².